The third-order valence-corrected chi connectivity index (χ3v) is 2.11. The van der Waals surface area contributed by atoms with Crippen LogP contribution < -0.4 is 5.32 Å². The van der Waals surface area contributed by atoms with Crippen molar-refractivity contribution in [2.45, 2.75) is 39.0 Å². The summed E-state index contributed by atoms with van der Waals surface area (Å²) in [5.74, 6) is -0.364. The Bertz CT molecular complexity index is 398. The predicted molar refractivity (Wildman–Crippen MR) is 55.2 cm³/mol. The smallest absolute Gasteiger partial charge is 0.352 e. The molecule has 7 heteroatoms. The summed E-state index contributed by atoms with van der Waals surface area (Å²) < 4.78 is 37.9. The Kier molecular flexibility index (Phi) is 3.79. The molecule has 0 aliphatic heterocycles. The van der Waals surface area contributed by atoms with E-state index in [2.05, 4.69) is 10.4 Å². The molecule has 1 heterocycles. The SMILES string of the molecule is CC(C)NC(=O)C(C)n1ccc(C(F)(F)F)n1. The van der Waals surface area contributed by atoms with Crippen molar-refractivity contribution in [1.82, 2.24) is 15.1 Å². The second-order valence-corrected chi connectivity index (χ2v) is 4.02. The zero-order valence-electron chi connectivity index (χ0n) is 9.75. The van der Waals surface area contributed by atoms with E-state index in [-0.39, 0.29) is 11.9 Å². The van der Waals surface area contributed by atoms with Gasteiger partial charge in [-0.05, 0) is 26.8 Å². The molecule has 0 aliphatic carbocycles. The first-order chi connectivity index (χ1) is 7.71. The van der Waals surface area contributed by atoms with Crippen molar-refractivity contribution < 1.29 is 18.0 Å². The molecule has 0 aliphatic rings. The molecule has 0 radical (unpaired) electrons. The molecule has 0 saturated heterocycles. The number of alkyl halides is 3. The van der Waals surface area contributed by atoms with E-state index in [1.165, 1.54) is 6.92 Å². The summed E-state index contributed by atoms with van der Waals surface area (Å²) in [6, 6.07) is 0.00944. The topological polar surface area (TPSA) is 46.9 Å². The molecule has 1 unspecified atom stereocenters. The average Bonchev–Trinajstić information content (AvgIpc) is 2.63. The minimum atomic E-state index is -4.49. The van der Waals surface area contributed by atoms with Crippen molar-refractivity contribution in [1.29, 1.82) is 0 Å². The van der Waals surface area contributed by atoms with E-state index in [1.54, 1.807) is 13.8 Å². The molecule has 96 valence electrons. The number of nitrogens with one attached hydrogen (secondary N) is 1. The van der Waals surface area contributed by atoms with Crippen LogP contribution in [0.5, 0.6) is 0 Å². The number of amides is 1. The van der Waals surface area contributed by atoms with Crippen LogP contribution in [0.15, 0.2) is 12.3 Å². The van der Waals surface area contributed by atoms with Crippen LogP contribution in [0.1, 0.15) is 32.5 Å². The molecule has 1 aromatic rings. The second kappa shape index (κ2) is 4.77. The second-order valence-electron chi connectivity index (χ2n) is 4.02. The first-order valence-corrected chi connectivity index (χ1v) is 5.14. The van der Waals surface area contributed by atoms with E-state index in [9.17, 15) is 18.0 Å². The maximum absolute atomic E-state index is 12.3. The van der Waals surface area contributed by atoms with Gasteiger partial charge in [0.2, 0.25) is 5.91 Å². The third-order valence-electron chi connectivity index (χ3n) is 2.11. The Hall–Kier alpha value is -1.53. The molecular formula is C10H14F3N3O. The van der Waals surface area contributed by atoms with Crippen LogP contribution in [0.3, 0.4) is 0 Å². The number of hydrogen-bond acceptors (Lipinski definition) is 2. The first-order valence-electron chi connectivity index (χ1n) is 5.14. The molecule has 1 amide bonds. The van der Waals surface area contributed by atoms with Gasteiger partial charge >= 0.3 is 6.18 Å². The molecule has 1 atom stereocenters. The van der Waals surface area contributed by atoms with Crippen molar-refractivity contribution in [3.05, 3.63) is 18.0 Å². The highest BCUT2D eigenvalue weighted by Crippen LogP contribution is 2.27. The van der Waals surface area contributed by atoms with E-state index >= 15 is 0 Å². The van der Waals surface area contributed by atoms with E-state index in [1.807, 2.05) is 0 Å². The van der Waals surface area contributed by atoms with Crippen LogP contribution in [-0.2, 0) is 11.0 Å². The molecule has 0 aromatic carbocycles. The van der Waals surface area contributed by atoms with Gasteiger partial charge in [-0.25, -0.2) is 0 Å². The average molecular weight is 249 g/mol. The van der Waals surface area contributed by atoms with Gasteiger partial charge in [-0.1, -0.05) is 0 Å². The Morgan fingerprint density at radius 1 is 1.41 bits per heavy atom. The molecule has 0 saturated carbocycles. The third kappa shape index (κ3) is 3.47. The normalized spacial score (nSPS) is 13.8. The quantitative estimate of drug-likeness (QED) is 0.890. The van der Waals surface area contributed by atoms with Crippen molar-refractivity contribution in [2.75, 3.05) is 0 Å². The van der Waals surface area contributed by atoms with Crippen LogP contribution in [0.4, 0.5) is 13.2 Å². The lowest BCUT2D eigenvalue weighted by Gasteiger charge is -2.14. The molecule has 1 aromatic heterocycles. The van der Waals surface area contributed by atoms with Crippen LogP contribution in [0.2, 0.25) is 0 Å². The fourth-order valence-corrected chi connectivity index (χ4v) is 1.23. The van der Waals surface area contributed by atoms with Gasteiger partial charge in [0, 0.05) is 12.2 Å². The summed E-state index contributed by atoms with van der Waals surface area (Å²) in [6.45, 7) is 5.04. The predicted octanol–water partition coefficient (Wildman–Crippen LogP) is 1.99. The summed E-state index contributed by atoms with van der Waals surface area (Å²) in [6.07, 6.45) is -3.34. The highest BCUT2D eigenvalue weighted by molar-refractivity contribution is 5.79. The summed E-state index contributed by atoms with van der Waals surface area (Å²) >= 11 is 0. The molecule has 17 heavy (non-hydrogen) atoms. The maximum Gasteiger partial charge on any atom is 0.435 e. The number of carbonyl (C=O) groups excluding carboxylic acids is 1. The minimum Gasteiger partial charge on any atom is -0.352 e. The Morgan fingerprint density at radius 3 is 2.41 bits per heavy atom. The Balaban J connectivity index is 2.80. The zero-order chi connectivity index (χ0) is 13.2. The van der Waals surface area contributed by atoms with Crippen molar-refractivity contribution in [2.24, 2.45) is 0 Å². The van der Waals surface area contributed by atoms with Gasteiger partial charge in [0.15, 0.2) is 5.69 Å². The van der Waals surface area contributed by atoms with Gasteiger partial charge in [0.05, 0.1) is 0 Å². The highest BCUT2D eigenvalue weighted by Gasteiger charge is 2.34. The first kappa shape index (κ1) is 13.5. The molecule has 1 rings (SSSR count). The molecule has 0 bridgehead atoms. The lowest BCUT2D eigenvalue weighted by molar-refractivity contribution is -0.142. The lowest BCUT2D eigenvalue weighted by atomic mass is 10.3. The van der Waals surface area contributed by atoms with Crippen LogP contribution in [0.25, 0.3) is 0 Å². The maximum atomic E-state index is 12.3. The van der Waals surface area contributed by atoms with Crippen LogP contribution >= 0.6 is 0 Å². The minimum absolute atomic E-state index is 0.0670. The highest BCUT2D eigenvalue weighted by atomic mass is 19.4. The number of aromatic nitrogens is 2. The van der Waals surface area contributed by atoms with Crippen LogP contribution in [0, 0.1) is 0 Å². The molecule has 0 fully saturated rings. The largest absolute Gasteiger partial charge is 0.435 e. The van der Waals surface area contributed by atoms with E-state index < -0.39 is 17.9 Å². The zero-order valence-corrected chi connectivity index (χ0v) is 9.75. The van der Waals surface area contributed by atoms with E-state index in [4.69, 9.17) is 0 Å². The van der Waals surface area contributed by atoms with Gasteiger partial charge in [-0.15, -0.1) is 0 Å². The standard InChI is InChI=1S/C10H14F3N3O/c1-6(2)14-9(17)7(3)16-5-4-8(15-16)10(11,12)13/h4-7H,1-3H3,(H,14,17). The van der Waals surface area contributed by atoms with Crippen molar-refractivity contribution in [3.8, 4) is 0 Å². The number of hydrogen-bond donors (Lipinski definition) is 1. The number of rotatable bonds is 3. The summed E-state index contributed by atoms with van der Waals surface area (Å²) in [4.78, 5) is 11.6. The number of nitrogens with zero attached hydrogens (tertiary/aromatic N) is 2. The van der Waals surface area contributed by atoms with Gasteiger partial charge in [0.25, 0.3) is 0 Å². The molecule has 4 nitrogen and oxygen atoms in total. The van der Waals surface area contributed by atoms with E-state index in [0.29, 0.717) is 0 Å². The van der Waals surface area contributed by atoms with E-state index in [0.717, 1.165) is 16.9 Å². The number of carbonyl (C=O) groups is 1. The molecule has 0 spiro atoms. The monoisotopic (exact) mass is 249 g/mol. The fourth-order valence-electron chi connectivity index (χ4n) is 1.23. The summed E-state index contributed by atoms with van der Waals surface area (Å²) in [5, 5.41) is 5.95. The van der Waals surface area contributed by atoms with Gasteiger partial charge in [0.1, 0.15) is 6.04 Å². The molecule has 1 N–H and O–H groups in total. The summed E-state index contributed by atoms with van der Waals surface area (Å²) in [5.41, 5.74) is -0.998. The number of halogens is 3. The molecular weight excluding hydrogens is 235 g/mol. The van der Waals surface area contributed by atoms with Crippen LogP contribution in [-0.4, -0.2) is 21.7 Å². The van der Waals surface area contributed by atoms with Crippen molar-refractivity contribution in [3.63, 3.8) is 0 Å². The van der Waals surface area contributed by atoms with Gasteiger partial charge < -0.3 is 5.32 Å². The Morgan fingerprint density at radius 2 is 2.00 bits per heavy atom. The van der Waals surface area contributed by atoms with Gasteiger partial charge in [-0.2, -0.15) is 18.3 Å². The van der Waals surface area contributed by atoms with Gasteiger partial charge in [-0.3, -0.25) is 9.48 Å². The lowest BCUT2D eigenvalue weighted by Crippen LogP contribution is -2.35. The van der Waals surface area contributed by atoms with Crippen molar-refractivity contribution >= 4 is 5.91 Å². The Labute approximate surface area is 96.8 Å². The summed E-state index contributed by atoms with van der Waals surface area (Å²) in [7, 11) is 0. The fraction of sp³-hybridized carbons (Fsp3) is 0.600.